The van der Waals surface area contributed by atoms with Crippen LogP contribution in [0.3, 0.4) is 0 Å². The largest absolute Gasteiger partial charge is 0.426 e. The molecule has 0 radical (unpaired) electrons. The molecule has 1 aliphatic heterocycles. The van der Waals surface area contributed by atoms with Crippen molar-refractivity contribution in [1.29, 1.82) is 0 Å². The maximum Gasteiger partial charge on any atom is 0.328 e. The van der Waals surface area contributed by atoms with E-state index >= 15 is 0 Å². The summed E-state index contributed by atoms with van der Waals surface area (Å²) in [5.74, 6) is 0. The van der Waals surface area contributed by atoms with Crippen molar-refractivity contribution in [2.45, 2.75) is 39.6 Å². The molecule has 0 spiro atoms. The molecule has 0 atom stereocenters. The van der Waals surface area contributed by atoms with E-state index in [2.05, 4.69) is 27.7 Å². The minimum atomic E-state index is -0.366. The molecule has 0 aromatic heterocycles. The minimum absolute atomic E-state index is 0.0578. The van der Waals surface area contributed by atoms with Crippen LogP contribution in [-0.2, 0) is 4.65 Å². The van der Waals surface area contributed by atoms with Crippen LogP contribution in [0.4, 0.5) is 5.69 Å². The second-order valence-corrected chi connectivity index (χ2v) is 6.06. The van der Waals surface area contributed by atoms with Crippen molar-refractivity contribution < 1.29 is 9.58 Å². The molecule has 1 aliphatic rings. The van der Waals surface area contributed by atoms with E-state index in [0.717, 1.165) is 11.8 Å². The van der Waals surface area contributed by atoms with Crippen LogP contribution in [0.15, 0.2) is 24.3 Å². The first-order chi connectivity index (χ1) is 8.23. The lowest BCUT2D eigenvalue weighted by molar-refractivity contribution is -0.384. The van der Waals surface area contributed by atoms with Crippen molar-refractivity contribution in [3.05, 3.63) is 34.4 Å². The first-order valence-corrected chi connectivity index (χ1v) is 6.15. The van der Waals surface area contributed by atoms with Crippen molar-refractivity contribution in [2.24, 2.45) is 5.41 Å². The normalized spacial score (nSPS) is 21.0. The molecule has 0 bridgehead atoms. The van der Waals surface area contributed by atoms with Gasteiger partial charge in [-0.05, 0) is 31.0 Å². The highest BCUT2D eigenvalue weighted by atomic mass is 16.6. The van der Waals surface area contributed by atoms with Crippen LogP contribution in [0.5, 0.6) is 0 Å². The first kappa shape index (κ1) is 13.1. The van der Waals surface area contributed by atoms with Crippen LogP contribution >= 0.6 is 0 Å². The Hall–Kier alpha value is -1.36. The zero-order valence-corrected chi connectivity index (χ0v) is 11.3. The van der Waals surface area contributed by atoms with Gasteiger partial charge in [-0.15, -0.1) is 0 Å². The Balaban J connectivity index is 2.30. The summed E-state index contributed by atoms with van der Waals surface area (Å²) >= 11 is 0. The molecule has 0 N–H and O–H groups in total. The number of rotatable bonds is 2. The topological polar surface area (TPSA) is 52.4 Å². The summed E-state index contributed by atoms with van der Waals surface area (Å²) in [5, 5.41) is 10.8. The third-order valence-electron chi connectivity index (χ3n) is 4.22. The van der Waals surface area contributed by atoms with E-state index in [9.17, 15) is 10.1 Å². The molecule has 1 heterocycles. The summed E-state index contributed by atoms with van der Waals surface area (Å²) in [5.41, 5.74) is 0.853. The van der Waals surface area contributed by atoms with E-state index in [0.29, 0.717) is 0 Å². The van der Waals surface area contributed by atoms with Gasteiger partial charge in [0.25, 0.3) is 5.69 Å². The zero-order chi connectivity index (χ0) is 13.6. The number of nitro groups is 1. The summed E-state index contributed by atoms with van der Waals surface area (Å²) in [4.78, 5) is 10.4. The van der Waals surface area contributed by atoms with Gasteiger partial charge in [0.05, 0.1) is 10.5 Å². The highest BCUT2D eigenvalue weighted by Gasteiger charge is 2.49. The Labute approximate surface area is 108 Å². The monoisotopic (exact) mass is 247 g/mol. The average molecular weight is 247 g/mol. The van der Waals surface area contributed by atoms with Gasteiger partial charge in [-0.3, -0.25) is 10.1 Å². The van der Waals surface area contributed by atoms with Crippen molar-refractivity contribution in [3.63, 3.8) is 0 Å². The SMILES string of the molecule is CC1(C)CB(c2cccc([N+](=O)[O-])c2)OC1(C)C. The average Bonchev–Trinajstić information content (AvgIpc) is 2.48. The van der Waals surface area contributed by atoms with Crippen LogP contribution < -0.4 is 5.46 Å². The van der Waals surface area contributed by atoms with Crippen LogP contribution in [0, 0.1) is 15.5 Å². The molecule has 0 amide bonds. The summed E-state index contributed by atoms with van der Waals surface area (Å²) < 4.78 is 6.06. The van der Waals surface area contributed by atoms with Gasteiger partial charge in [0.1, 0.15) is 0 Å². The Morgan fingerprint density at radius 2 is 2.00 bits per heavy atom. The quantitative estimate of drug-likeness (QED) is 0.458. The number of hydrogen-bond donors (Lipinski definition) is 0. The Bertz CT molecular complexity index is 469. The van der Waals surface area contributed by atoms with Gasteiger partial charge in [-0.25, -0.2) is 0 Å². The zero-order valence-electron chi connectivity index (χ0n) is 11.3. The Kier molecular flexibility index (Phi) is 2.97. The number of nitro benzene ring substituents is 1. The molecule has 4 nitrogen and oxygen atoms in total. The van der Waals surface area contributed by atoms with Crippen molar-refractivity contribution in [3.8, 4) is 0 Å². The van der Waals surface area contributed by atoms with E-state index in [1.54, 1.807) is 12.1 Å². The molecule has 1 saturated heterocycles. The maximum atomic E-state index is 10.8. The molecule has 0 unspecified atom stereocenters. The lowest BCUT2D eigenvalue weighted by Crippen LogP contribution is -2.36. The second-order valence-electron chi connectivity index (χ2n) is 6.06. The van der Waals surface area contributed by atoms with Crippen LogP contribution in [0.25, 0.3) is 0 Å². The van der Waals surface area contributed by atoms with Gasteiger partial charge in [0.2, 0.25) is 0 Å². The minimum Gasteiger partial charge on any atom is -0.426 e. The fourth-order valence-electron chi connectivity index (χ4n) is 2.29. The smallest absolute Gasteiger partial charge is 0.328 e. The fraction of sp³-hybridized carbons (Fsp3) is 0.538. The molecule has 0 aliphatic carbocycles. The molecule has 1 fully saturated rings. The first-order valence-electron chi connectivity index (χ1n) is 6.15. The highest BCUT2D eigenvalue weighted by molar-refractivity contribution is 6.68. The van der Waals surface area contributed by atoms with Gasteiger partial charge in [-0.1, -0.05) is 26.0 Å². The molecule has 18 heavy (non-hydrogen) atoms. The molecule has 1 aromatic carbocycles. The van der Waals surface area contributed by atoms with E-state index in [-0.39, 0.29) is 28.5 Å². The third-order valence-corrected chi connectivity index (χ3v) is 4.22. The van der Waals surface area contributed by atoms with Gasteiger partial charge in [-0.2, -0.15) is 0 Å². The van der Waals surface area contributed by atoms with Gasteiger partial charge in [0.15, 0.2) is 0 Å². The van der Waals surface area contributed by atoms with Crippen LogP contribution in [-0.4, -0.2) is 17.4 Å². The second kappa shape index (κ2) is 4.09. The number of nitrogens with zero attached hydrogens (tertiary/aromatic N) is 1. The van der Waals surface area contributed by atoms with E-state index in [1.165, 1.54) is 6.07 Å². The lowest BCUT2D eigenvalue weighted by Gasteiger charge is -2.34. The van der Waals surface area contributed by atoms with Crippen LogP contribution in [0.1, 0.15) is 27.7 Å². The number of hydrogen-bond acceptors (Lipinski definition) is 3. The summed E-state index contributed by atoms with van der Waals surface area (Å²) in [6.07, 6.45) is 0.876. The molecular weight excluding hydrogens is 229 g/mol. The molecule has 1 aromatic rings. The third kappa shape index (κ3) is 2.15. The lowest BCUT2D eigenvalue weighted by atomic mass is 9.54. The molecule has 5 heteroatoms. The number of benzene rings is 1. The van der Waals surface area contributed by atoms with Crippen LogP contribution in [0.2, 0.25) is 6.32 Å². The van der Waals surface area contributed by atoms with Crippen molar-refractivity contribution >= 4 is 18.1 Å². The van der Waals surface area contributed by atoms with Crippen molar-refractivity contribution in [1.82, 2.24) is 0 Å². The highest BCUT2D eigenvalue weighted by Crippen LogP contribution is 2.45. The van der Waals surface area contributed by atoms with Gasteiger partial charge >= 0.3 is 6.92 Å². The van der Waals surface area contributed by atoms with Crippen molar-refractivity contribution in [2.75, 3.05) is 0 Å². The van der Waals surface area contributed by atoms with E-state index in [1.807, 2.05) is 6.07 Å². The van der Waals surface area contributed by atoms with Gasteiger partial charge < -0.3 is 4.65 Å². The van der Waals surface area contributed by atoms with Gasteiger partial charge in [0, 0.05) is 12.1 Å². The molecular formula is C13H18BNO3. The predicted octanol–water partition coefficient (Wildman–Crippen LogP) is 2.63. The molecule has 96 valence electrons. The predicted molar refractivity (Wildman–Crippen MR) is 72.2 cm³/mol. The van der Waals surface area contributed by atoms with E-state index in [4.69, 9.17) is 4.65 Å². The number of non-ortho nitro benzene ring substituents is 1. The molecule has 0 saturated carbocycles. The summed E-state index contributed by atoms with van der Waals surface area (Å²) in [6, 6.07) is 6.74. The Morgan fingerprint density at radius 1 is 1.33 bits per heavy atom. The van der Waals surface area contributed by atoms with E-state index < -0.39 is 0 Å². The summed E-state index contributed by atoms with van der Waals surface area (Å²) in [7, 11) is 0. The Morgan fingerprint density at radius 3 is 2.50 bits per heavy atom. The molecule has 2 rings (SSSR count). The maximum absolute atomic E-state index is 10.8. The summed E-state index contributed by atoms with van der Waals surface area (Å²) in [6.45, 7) is 8.43. The fourth-order valence-corrected chi connectivity index (χ4v) is 2.29. The standard InChI is InChI=1S/C13H18BNO3/c1-12(2)9-14(18-13(12,3)4)10-6-5-7-11(8-10)15(16)17/h5-8H,9H2,1-4H3.